The lowest BCUT2D eigenvalue weighted by Gasteiger charge is -2.10. The van der Waals surface area contributed by atoms with Crippen molar-refractivity contribution < 1.29 is 4.42 Å². The van der Waals surface area contributed by atoms with Gasteiger partial charge in [-0.2, -0.15) is 0 Å². The minimum Gasteiger partial charge on any atom is -0.460 e. The summed E-state index contributed by atoms with van der Waals surface area (Å²) < 4.78 is 5.72. The molecule has 0 saturated carbocycles. The molecule has 0 aliphatic heterocycles. The Morgan fingerprint density at radius 2 is 1.92 bits per heavy atom. The van der Waals surface area contributed by atoms with E-state index < -0.39 is 0 Å². The van der Waals surface area contributed by atoms with Gasteiger partial charge in [0.2, 0.25) is 5.95 Å². The largest absolute Gasteiger partial charge is 0.460 e. The number of benzene rings is 1. The highest BCUT2D eigenvalue weighted by atomic mass is 35.5. The molecule has 0 spiro atoms. The highest BCUT2D eigenvalue weighted by Gasteiger charge is 2.16. The second-order valence-electron chi connectivity index (χ2n) is 5.71. The predicted molar refractivity (Wildman–Crippen MR) is 97.2 cm³/mol. The van der Waals surface area contributed by atoms with Crippen LogP contribution in [-0.4, -0.2) is 19.9 Å². The standard InChI is InChI=1S/C18H14ClN5O/c1-9-3-4-15(25-9)17-13(7-21-18(20)24-17)11-5-12-10(2)22-8-23-16(12)14(19)6-11/h3-8H,1-2H3,(H2,20,21,24). The Hall–Kier alpha value is -2.99. The van der Waals surface area contributed by atoms with Crippen molar-refractivity contribution in [2.24, 2.45) is 0 Å². The number of fused-ring (bicyclic) bond motifs is 1. The summed E-state index contributed by atoms with van der Waals surface area (Å²) in [7, 11) is 0. The van der Waals surface area contributed by atoms with E-state index in [0.717, 1.165) is 28.0 Å². The van der Waals surface area contributed by atoms with Gasteiger partial charge in [0, 0.05) is 22.8 Å². The van der Waals surface area contributed by atoms with Crippen LogP contribution >= 0.6 is 11.6 Å². The van der Waals surface area contributed by atoms with Crippen LogP contribution in [0.15, 0.2) is 41.2 Å². The number of nitrogen functional groups attached to an aromatic ring is 1. The Kier molecular flexibility index (Phi) is 3.62. The minimum atomic E-state index is 0.180. The molecule has 0 radical (unpaired) electrons. The summed E-state index contributed by atoms with van der Waals surface area (Å²) in [6.07, 6.45) is 3.18. The van der Waals surface area contributed by atoms with Gasteiger partial charge in [-0.05, 0) is 43.7 Å². The van der Waals surface area contributed by atoms with Gasteiger partial charge in [0.1, 0.15) is 17.8 Å². The maximum absolute atomic E-state index is 6.44. The molecule has 3 aromatic heterocycles. The van der Waals surface area contributed by atoms with Crippen molar-refractivity contribution in [3.05, 3.63) is 53.3 Å². The first-order chi connectivity index (χ1) is 12.0. The van der Waals surface area contributed by atoms with Crippen LogP contribution in [0.2, 0.25) is 5.02 Å². The quantitative estimate of drug-likeness (QED) is 0.582. The fourth-order valence-corrected chi connectivity index (χ4v) is 3.03. The Morgan fingerprint density at radius 3 is 2.68 bits per heavy atom. The molecule has 0 unspecified atom stereocenters. The summed E-state index contributed by atoms with van der Waals surface area (Å²) in [5, 5.41) is 1.42. The Labute approximate surface area is 148 Å². The van der Waals surface area contributed by atoms with Crippen molar-refractivity contribution in [1.29, 1.82) is 0 Å². The minimum absolute atomic E-state index is 0.180. The normalized spacial score (nSPS) is 11.2. The fraction of sp³-hybridized carbons (Fsp3) is 0.111. The number of aryl methyl sites for hydroxylation is 2. The zero-order valence-corrected chi connectivity index (χ0v) is 14.4. The van der Waals surface area contributed by atoms with E-state index in [-0.39, 0.29) is 5.95 Å². The molecule has 6 nitrogen and oxygen atoms in total. The first-order valence-electron chi connectivity index (χ1n) is 7.63. The fourth-order valence-electron chi connectivity index (χ4n) is 2.76. The average Bonchev–Trinajstić information content (AvgIpc) is 3.02. The molecule has 2 N–H and O–H groups in total. The topological polar surface area (TPSA) is 90.7 Å². The van der Waals surface area contributed by atoms with Gasteiger partial charge in [0.25, 0.3) is 0 Å². The second-order valence-corrected chi connectivity index (χ2v) is 6.12. The van der Waals surface area contributed by atoms with Gasteiger partial charge in [-0.25, -0.2) is 19.9 Å². The van der Waals surface area contributed by atoms with E-state index >= 15 is 0 Å². The van der Waals surface area contributed by atoms with Crippen molar-refractivity contribution in [3.63, 3.8) is 0 Å². The van der Waals surface area contributed by atoms with Gasteiger partial charge in [-0.3, -0.25) is 0 Å². The molecule has 0 aliphatic rings. The van der Waals surface area contributed by atoms with E-state index in [0.29, 0.717) is 22.0 Å². The molecule has 124 valence electrons. The van der Waals surface area contributed by atoms with E-state index in [4.69, 9.17) is 21.8 Å². The average molecular weight is 352 g/mol. The van der Waals surface area contributed by atoms with E-state index in [1.54, 1.807) is 6.20 Å². The summed E-state index contributed by atoms with van der Waals surface area (Å²) in [6.45, 7) is 3.79. The van der Waals surface area contributed by atoms with Crippen molar-refractivity contribution >= 4 is 28.5 Å². The van der Waals surface area contributed by atoms with E-state index in [1.165, 1.54) is 6.33 Å². The maximum Gasteiger partial charge on any atom is 0.220 e. The third-order valence-corrected chi connectivity index (χ3v) is 4.27. The summed E-state index contributed by atoms with van der Waals surface area (Å²) >= 11 is 6.44. The van der Waals surface area contributed by atoms with E-state index in [1.807, 2.05) is 38.1 Å². The number of hydrogen-bond donors (Lipinski definition) is 1. The molecule has 1 aromatic carbocycles. The lowest BCUT2D eigenvalue weighted by Crippen LogP contribution is -1.98. The van der Waals surface area contributed by atoms with Crippen LogP contribution in [-0.2, 0) is 0 Å². The van der Waals surface area contributed by atoms with Crippen LogP contribution in [0.4, 0.5) is 5.95 Å². The molecule has 0 aliphatic carbocycles. The second kappa shape index (κ2) is 5.82. The molecule has 0 fully saturated rings. The van der Waals surface area contributed by atoms with Gasteiger partial charge in [0.15, 0.2) is 5.76 Å². The van der Waals surface area contributed by atoms with Gasteiger partial charge in [-0.15, -0.1) is 0 Å². The summed E-state index contributed by atoms with van der Waals surface area (Å²) in [6, 6.07) is 7.55. The van der Waals surface area contributed by atoms with Gasteiger partial charge in [0.05, 0.1) is 10.5 Å². The van der Waals surface area contributed by atoms with E-state index in [9.17, 15) is 0 Å². The zero-order valence-electron chi connectivity index (χ0n) is 13.6. The summed E-state index contributed by atoms with van der Waals surface area (Å²) in [4.78, 5) is 17.0. The molecule has 7 heteroatoms. The Morgan fingerprint density at radius 1 is 1.08 bits per heavy atom. The summed E-state index contributed by atoms with van der Waals surface area (Å²) in [5.41, 5.74) is 9.58. The van der Waals surface area contributed by atoms with Crippen LogP contribution in [0.1, 0.15) is 11.5 Å². The number of nitrogens with zero attached hydrogens (tertiary/aromatic N) is 4. The number of hydrogen-bond acceptors (Lipinski definition) is 6. The smallest absolute Gasteiger partial charge is 0.220 e. The number of furan rings is 1. The monoisotopic (exact) mass is 351 g/mol. The highest BCUT2D eigenvalue weighted by molar-refractivity contribution is 6.35. The molecule has 0 amide bonds. The Bertz CT molecular complexity index is 1110. The van der Waals surface area contributed by atoms with Crippen molar-refractivity contribution in [2.75, 3.05) is 5.73 Å². The van der Waals surface area contributed by atoms with Crippen LogP contribution in [0.25, 0.3) is 33.5 Å². The van der Waals surface area contributed by atoms with Crippen molar-refractivity contribution in [3.8, 4) is 22.6 Å². The molecule has 0 atom stereocenters. The van der Waals surface area contributed by atoms with Crippen LogP contribution < -0.4 is 5.73 Å². The number of aromatic nitrogens is 4. The van der Waals surface area contributed by atoms with E-state index in [2.05, 4.69) is 19.9 Å². The van der Waals surface area contributed by atoms with Crippen LogP contribution in [0.5, 0.6) is 0 Å². The lowest BCUT2D eigenvalue weighted by molar-refractivity contribution is 0.546. The molecular formula is C18H14ClN5O. The Balaban J connectivity index is 1.99. The third kappa shape index (κ3) is 2.70. The lowest BCUT2D eigenvalue weighted by atomic mass is 10.0. The molecule has 0 bridgehead atoms. The van der Waals surface area contributed by atoms with Crippen LogP contribution in [0.3, 0.4) is 0 Å². The first kappa shape index (κ1) is 15.5. The zero-order chi connectivity index (χ0) is 17.6. The van der Waals surface area contributed by atoms with Crippen molar-refractivity contribution in [1.82, 2.24) is 19.9 Å². The van der Waals surface area contributed by atoms with Gasteiger partial charge < -0.3 is 10.2 Å². The number of nitrogens with two attached hydrogens (primary N) is 1. The number of halogens is 1. The molecule has 25 heavy (non-hydrogen) atoms. The number of rotatable bonds is 2. The molecule has 0 saturated heterocycles. The maximum atomic E-state index is 6.44. The molecule has 3 heterocycles. The number of anilines is 1. The van der Waals surface area contributed by atoms with Crippen LogP contribution in [0, 0.1) is 13.8 Å². The molecule has 4 rings (SSSR count). The van der Waals surface area contributed by atoms with Gasteiger partial charge >= 0.3 is 0 Å². The molecular weight excluding hydrogens is 338 g/mol. The third-order valence-electron chi connectivity index (χ3n) is 3.98. The van der Waals surface area contributed by atoms with Crippen molar-refractivity contribution in [2.45, 2.75) is 13.8 Å². The first-order valence-corrected chi connectivity index (χ1v) is 8.01. The summed E-state index contributed by atoms with van der Waals surface area (Å²) in [5.74, 6) is 1.59. The molecule has 4 aromatic rings. The highest BCUT2D eigenvalue weighted by Crippen LogP contribution is 2.35. The van der Waals surface area contributed by atoms with Gasteiger partial charge in [-0.1, -0.05) is 11.6 Å². The SMILES string of the molecule is Cc1ccc(-c2nc(N)ncc2-c2cc(Cl)c3ncnc(C)c3c2)o1. The predicted octanol–water partition coefficient (Wildman–Crippen LogP) is 4.20.